The molecular weight excluding hydrogens is 438 g/mol. The van der Waals surface area contributed by atoms with E-state index in [2.05, 4.69) is 10.6 Å². The summed E-state index contributed by atoms with van der Waals surface area (Å²) in [5, 5.41) is 24.9. The Labute approximate surface area is 197 Å². The molecule has 3 amide bonds. The van der Waals surface area contributed by atoms with Crippen molar-refractivity contribution in [3.63, 3.8) is 0 Å². The normalized spacial score (nSPS) is 14.7. The van der Waals surface area contributed by atoms with Crippen LogP contribution >= 0.6 is 0 Å². The van der Waals surface area contributed by atoms with Crippen LogP contribution in [0.2, 0.25) is 0 Å². The minimum Gasteiger partial charge on any atom is -0.508 e. The van der Waals surface area contributed by atoms with E-state index in [4.69, 9.17) is 0 Å². The van der Waals surface area contributed by atoms with Gasteiger partial charge >= 0.3 is 5.97 Å². The van der Waals surface area contributed by atoms with E-state index in [1.807, 2.05) is 44.2 Å². The van der Waals surface area contributed by atoms with Gasteiger partial charge in [-0.1, -0.05) is 44.2 Å². The Balaban J connectivity index is 1.82. The molecule has 3 rings (SSSR count). The van der Waals surface area contributed by atoms with Crippen LogP contribution in [0.3, 0.4) is 0 Å². The quantitative estimate of drug-likeness (QED) is 0.373. The topological polar surface area (TPSA) is 136 Å². The number of benzene rings is 2. The molecule has 2 atom stereocenters. The lowest BCUT2D eigenvalue weighted by Crippen LogP contribution is -2.56. The van der Waals surface area contributed by atoms with E-state index >= 15 is 0 Å². The van der Waals surface area contributed by atoms with Crippen LogP contribution in [0, 0.1) is 5.92 Å². The zero-order valence-corrected chi connectivity index (χ0v) is 19.2. The molecule has 1 aliphatic rings. The van der Waals surface area contributed by atoms with Crippen molar-refractivity contribution in [1.29, 1.82) is 0 Å². The standard InChI is InChI=1S/C25H29N3O6/c1-15(2)12-20(23(32)26-14-16-6-4-3-5-7-16)27-21(10-11-22(30)31)28-24(33)18-9-8-17(29)13-19(18)25(28)34/h3-9,13,15,20-21,27,29H,10-12,14H2,1-2H3,(H,26,32)(H,30,31). The van der Waals surface area contributed by atoms with Gasteiger partial charge in [0.1, 0.15) is 5.75 Å². The summed E-state index contributed by atoms with van der Waals surface area (Å²) in [5.41, 5.74) is 1.08. The fourth-order valence-corrected chi connectivity index (χ4v) is 3.94. The van der Waals surface area contributed by atoms with Gasteiger partial charge in [-0.25, -0.2) is 0 Å². The Hall–Kier alpha value is -3.72. The first-order valence-corrected chi connectivity index (χ1v) is 11.2. The molecule has 1 aliphatic heterocycles. The maximum atomic E-state index is 13.1. The largest absolute Gasteiger partial charge is 0.508 e. The molecule has 0 aliphatic carbocycles. The smallest absolute Gasteiger partial charge is 0.303 e. The third kappa shape index (κ3) is 5.99. The van der Waals surface area contributed by atoms with Crippen molar-refractivity contribution in [2.75, 3.05) is 0 Å². The first kappa shape index (κ1) is 24.9. The first-order valence-electron chi connectivity index (χ1n) is 11.2. The van der Waals surface area contributed by atoms with Gasteiger partial charge in [0, 0.05) is 13.0 Å². The molecule has 4 N–H and O–H groups in total. The number of imide groups is 1. The lowest BCUT2D eigenvalue weighted by Gasteiger charge is -2.31. The molecule has 0 spiro atoms. The summed E-state index contributed by atoms with van der Waals surface area (Å²) < 4.78 is 0. The summed E-state index contributed by atoms with van der Waals surface area (Å²) in [4.78, 5) is 51.3. The highest BCUT2D eigenvalue weighted by Crippen LogP contribution is 2.28. The van der Waals surface area contributed by atoms with Crippen LogP contribution in [0.5, 0.6) is 5.75 Å². The molecule has 34 heavy (non-hydrogen) atoms. The summed E-state index contributed by atoms with van der Waals surface area (Å²) in [6.45, 7) is 4.19. The second-order valence-corrected chi connectivity index (χ2v) is 8.71. The molecule has 1 heterocycles. The van der Waals surface area contributed by atoms with Gasteiger partial charge in [-0.05, 0) is 42.5 Å². The number of nitrogens with zero attached hydrogens (tertiary/aromatic N) is 1. The molecule has 2 unspecified atom stereocenters. The van der Waals surface area contributed by atoms with Crippen molar-refractivity contribution >= 4 is 23.7 Å². The van der Waals surface area contributed by atoms with Crippen molar-refractivity contribution in [3.05, 3.63) is 65.2 Å². The number of phenolic OH excluding ortho intramolecular Hbond substituents is 1. The number of carbonyl (C=O) groups is 4. The van der Waals surface area contributed by atoms with Crippen LogP contribution in [-0.2, 0) is 16.1 Å². The molecule has 2 aromatic rings. The summed E-state index contributed by atoms with van der Waals surface area (Å²) >= 11 is 0. The number of nitrogens with one attached hydrogen (secondary N) is 2. The number of hydrogen-bond acceptors (Lipinski definition) is 6. The van der Waals surface area contributed by atoms with Crippen LogP contribution in [0.4, 0.5) is 0 Å². The predicted molar refractivity (Wildman–Crippen MR) is 124 cm³/mol. The molecule has 180 valence electrons. The average molecular weight is 468 g/mol. The average Bonchev–Trinajstić information content (AvgIpc) is 3.04. The number of carbonyl (C=O) groups excluding carboxylic acids is 3. The molecule has 0 saturated heterocycles. The van der Waals surface area contributed by atoms with E-state index < -0.39 is 30.0 Å². The molecule has 9 nitrogen and oxygen atoms in total. The summed E-state index contributed by atoms with van der Waals surface area (Å²) in [6.07, 6.45) is -0.991. The molecule has 0 radical (unpaired) electrons. The molecule has 9 heteroatoms. The highest BCUT2D eigenvalue weighted by atomic mass is 16.4. The number of aromatic hydroxyl groups is 1. The van der Waals surface area contributed by atoms with Gasteiger partial charge in [0.25, 0.3) is 11.8 Å². The number of carboxylic acid groups (broad SMARTS) is 1. The van der Waals surface area contributed by atoms with Crippen LogP contribution < -0.4 is 10.6 Å². The van der Waals surface area contributed by atoms with E-state index in [0.717, 1.165) is 10.5 Å². The zero-order chi connectivity index (χ0) is 24.8. The lowest BCUT2D eigenvalue weighted by molar-refractivity contribution is -0.137. The number of rotatable bonds is 11. The predicted octanol–water partition coefficient (Wildman–Crippen LogP) is 2.50. The van der Waals surface area contributed by atoms with Gasteiger partial charge in [-0.2, -0.15) is 0 Å². The Kier molecular flexibility index (Phi) is 8.01. The number of amides is 3. The highest BCUT2D eigenvalue weighted by Gasteiger charge is 2.41. The maximum absolute atomic E-state index is 13.1. The fourth-order valence-electron chi connectivity index (χ4n) is 3.94. The fraction of sp³-hybridized carbons (Fsp3) is 0.360. The van der Waals surface area contributed by atoms with Gasteiger partial charge in [0.2, 0.25) is 5.91 Å². The van der Waals surface area contributed by atoms with Crippen LogP contribution in [0.15, 0.2) is 48.5 Å². The van der Waals surface area contributed by atoms with Crippen LogP contribution in [-0.4, -0.2) is 51.0 Å². The first-order chi connectivity index (χ1) is 16.2. The zero-order valence-electron chi connectivity index (χ0n) is 19.2. The monoisotopic (exact) mass is 467 g/mol. The second-order valence-electron chi connectivity index (χ2n) is 8.71. The van der Waals surface area contributed by atoms with Gasteiger partial charge in [0.05, 0.1) is 23.3 Å². The molecule has 0 fully saturated rings. The molecule has 0 saturated carbocycles. The summed E-state index contributed by atoms with van der Waals surface area (Å²) in [5.74, 6) is -2.70. The Morgan fingerprint density at radius 3 is 2.32 bits per heavy atom. The van der Waals surface area contributed by atoms with Gasteiger partial charge in [-0.3, -0.25) is 29.4 Å². The third-order valence-electron chi connectivity index (χ3n) is 5.57. The summed E-state index contributed by atoms with van der Waals surface area (Å²) in [6, 6.07) is 12.5. The van der Waals surface area contributed by atoms with Gasteiger partial charge in [-0.15, -0.1) is 0 Å². The van der Waals surface area contributed by atoms with E-state index in [1.165, 1.54) is 18.2 Å². The van der Waals surface area contributed by atoms with Crippen molar-refractivity contribution in [2.45, 2.75) is 51.9 Å². The van der Waals surface area contributed by atoms with E-state index in [-0.39, 0.29) is 41.5 Å². The molecular formula is C25H29N3O6. The van der Waals surface area contributed by atoms with Crippen LogP contribution in [0.1, 0.15) is 59.4 Å². The van der Waals surface area contributed by atoms with Gasteiger partial charge in [0.15, 0.2) is 0 Å². The molecule has 0 bridgehead atoms. The van der Waals surface area contributed by atoms with Gasteiger partial charge < -0.3 is 15.5 Å². The molecule has 2 aromatic carbocycles. The van der Waals surface area contributed by atoms with E-state index in [0.29, 0.717) is 13.0 Å². The number of aliphatic carboxylic acids is 1. The number of phenols is 1. The maximum Gasteiger partial charge on any atom is 0.303 e. The van der Waals surface area contributed by atoms with E-state index in [9.17, 15) is 29.4 Å². The number of fused-ring (bicyclic) bond motifs is 1. The lowest BCUT2D eigenvalue weighted by atomic mass is 10.0. The second kappa shape index (κ2) is 10.9. The Bertz CT molecular complexity index is 1070. The van der Waals surface area contributed by atoms with Crippen LogP contribution in [0.25, 0.3) is 0 Å². The summed E-state index contributed by atoms with van der Waals surface area (Å²) in [7, 11) is 0. The van der Waals surface area contributed by atoms with Crippen molar-refractivity contribution < 1.29 is 29.4 Å². The van der Waals surface area contributed by atoms with Crippen molar-refractivity contribution in [3.8, 4) is 5.75 Å². The van der Waals surface area contributed by atoms with Crippen molar-refractivity contribution in [1.82, 2.24) is 15.5 Å². The van der Waals surface area contributed by atoms with Crippen molar-refractivity contribution in [2.24, 2.45) is 5.92 Å². The Morgan fingerprint density at radius 2 is 1.68 bits per heavy atom. The minimum atomic E-state index is -1.09. The minimum absolute atomic E-state index is 0.0427. The van der Waals surface area contributed by atoms with E-state index in [1.54, 1.807) is 0 Å². The Morgan fingerprint density at radius 1 is 1.00 bits per heavy atom. The molecule has 0 aromatic heterocycles. The number of carboxylic acids is 1. The SMILES string of the molecule is CC(C)CC(NC(CCC(=O)O)N1C(=O)c2ccc(O)cc2C1=O)C(=O)NCc1ccccc1. The highest BCUT2D eigenvalue weighted by molar-refractivity contribution is 6.21. The number of hydrogen-bond donors (Lipinski definition) is 4. The third-order valence-corrected chi connectivity index (χ3v) is 5.57.